The number of amides is 1. The van der Waals surface area contributed by atoms with E-state index in [0.29, 0.717) is 11.5 Å². The molecule has 23 heavy (non-hydrogen) atoms. The van der Waals surface area contributed by atoms with Crippen molar-refractivity contribution in [2.75, 3.05) is 17.7 Å². The minimum atomic E-state index is -0.439. The zero-order valence-electron chi connectivity index (χ0n) is 14.2. The second kappa shape index (κ2) is 6.69. The number of rotatable bonds is 4. The summed E-state index contributed by atoms with van der Waals surface area (Å²) in [6.07, 6.45) is 1.63. The highest BCUT2D eigenvalue weighted by Gasteiger charge is 2.21. The molecule has 5 heteroatoms. The summed E-state index contributed by atoms with van der Waals surface area (Å²) < 4.78 is 5.34. The van der Waals surface area contributed by atoms with Crippen molar-refractivity contribution < 1.29 is 9.53 Å². The number of carbonyl (C=O) groups is 1. The number of nitrogens with zero attached hydrogens (tertiary/aromatic N) is 1. The maximum atomic E-state index is 12.0. The molecular weight excluding hydrogens is 290 g/mol. The SMILES string of the molecule is COc1ccc(C)cc1Nc1ccc(NC(=O)C(C)(C)C)cn1. The molecule has 2 rings (SSSR count). The third-order valence-corrected chi connectivity index (χ3v) is 3.32. The van der Waals surface area contributed by atoms with Crippen LogP contribution in [0.25, 0.3) is 0 Å². The Morgan fingerprint density at radius 2 is 1.91 bits per heavy atom. The van der Waals surface area contributed by atoms with Crippen LogP contribution in [0.3, 0.4) is 0 Å². The minimum Gasteiger partial charge on any atom is -0.495 e. The van der Waals surface area contributed by atoms with E-state index in [-0.39, 0.29) is 5.91 Å². The highest BCUT2D eigenvalue weighted by atomic mass is 16.5. The first-order valence-electron chi connectivity index (χ1n) is 7.49. The molecule has 1 amide bonds. The second-order valence-corrected chi connectivity index (χ2v) is 6.46. The molecule has 0 saturated carbocycles. The molecule has 0 aliphatic heterocycles. The number of hydrogen-bond acceptors (Lipinski definition) is 4. The number of hydrogen-bond donors (Lipinski definition) is 2. The monoisotopic (exact) mass is 313 g/mol. The Hall–Kier alpha value is -2.56. The number of aryl methyl sites for hydroxylation is 1. The Balaban J connectivity index is 2.12. The van der Waals surface area contributed by atoms with E-state index >= 15 is 0 Å². The lowest BCUT2D eigenvalue weighted by atomic mass is 9.96. The fraction of sp³-hybridized carbons (Fsp3) is 0.333. The van der Waals surface area contributed by atoms with Gasteiger partial charge in [0.2, 0.25) is 5.91 Å². The van der Waals surface area contributed by atoms with E-state index in [4.69, 9.17) is 4.74 Å². The van der Waals surface area contributed by atoms with E-state index in [0.717, 1.165) is 17.0 Å². The van der Waals surface area contributed by atoms with Crippen LogP contribution in [-0.4, -0.2) is 18.0 Å². The third kappa shape index (κ3) is 4.45. The average molecular weight is 313 g/mol. The summed E-state index contributed by atoms with van der Waals surface area (Å²) in [6.45, 7) is 7.63. The van der Waals surface area contributed by atoms with Gasteiger partial charge < -0.3 is 15.4 Å². The maximum absolute atomic E-state index is 12.0. The van der Waals surface area contributed by atoms with Gasteiger partial charge in [0.25, 0.3) is 0 Å². The van der Waals surface area contributed by atoms with Crippen molar-refractivity contribution >= 4 is 23.1 Å². The molecule has 122 valence electrons. The summed E-state index contributed by atoms with van der Waals surface area (Å²) in [7, 11) is 1.63. The molecule has 1 aromatic heterocycles. The van der Waals surface area contributed by atoms with Crippen LogP contribution >= 0.6 is 0 Å². The number of ether oxygens (including phenoxy) is 1. The number of aromatic nitrogens is 1. The molecule has 5 nitrogen and oxygen atoms in total. The standard InChI is InChI=1S/C18H23N3O2/c1-12-6-8-15(23-5)14(10-12)21-16-9-7-13(11-19-16)20-17(22)18(2,3)4/h6-11H,1-5H3,(H,19,21)(H,20,22). The summed E-state index contributed by atoms with van der Waals surface area (Å²) in [6, 6.07) is 9.54. The molecule has 0 atom stereocenters. The van der Waals surface area contributed by atoms with Crippen molar-refractivity contribution in [2.24, 2.45) is 5.41 Å². The largest absolute Gasteiger partial charge is 0.495 e. The average Bonchev–Trinajstić information content (AvgIpc) is 2.48. The molecule has 0 fully saturated rings. The van der Waals surface area contributed by atoms with Crippen molar-refractivity contribution in [1.82, 2.24) is 4.98 Å². The van der Waals surface area contributed by atoms with Crippen LogP contribution in [0.4, 0.5) is 17.2 Å². The number of benzene rings is 1. The van der Waals surface area contributed by atoms with Gasteiger partial charge >= 0.3 is 0 Å². The molecule has 0 spiro atoms. The second-order valence-electron chi connectivity index (χ2n) is 6.46. The summed E-state index contributed by atoms with van der Waals surface area (Å²) in [4.78, 5) is 16.3. The van der Waals surface area contributed by atoms with Gasteiger partial charge in [-0.3, -0.25) is 4.79 Å². The molecule has 1 heterocycles. The van der Waals surface area contributed by atoms with Crippen LogP contribution in [0, 0.1) is 12.3 Å². The summed E-state index contributed by atoms with van der Waals surface area (Å²) >= 11 is 0. The molecule has 0 radical (unpaired) electrons. The molecule has 0 bridgehead atoms. The van der Waals surface area contributed by atoms with E-state index in [1.54, 1.807) is 13.3 Å². The van der Waals surface area contributed by atoms with Crippen LogP contribution in [0.5, 0.6) is 5.75 Å². The highest BCUT2D eigenvalue weighted by Crippen LogP contribution is 2.28. The lowest BCUT2D eigenvalue weighted by molar-refractivity contribution is -0.123. The van der Waals surface area contributed by atoms with Gasteiger partial charge in [-0.1, -0.05) is 26.8 Å². The summed E-state index contributed by atoms with van der Waals surface area (Å²) in [5.41, 5.74) is 2.21. The summed E-state index contributed by atoms with van der Waals surface area (Å²) in [5.74, 6) is 1.39. The van der Waals surface area contributed by atoms with Gasteiger partial charge in [-0.25, -0.2) is 4.98 Å². The Kier molecular flexibility index (Phi) is 4.89. The zero-order valence-corrected chi connectivity index (χ0v) is 14.2. The molecule has 0 saturated heterocycles. The van der Waals surface area contributed by atoms with Crippen LogP contribution < -0.4 is 15.4 Å². The van der Waals surface area contributed by atoms with E-state index in [2.05, 4.69) is 15.6 Å². The van der Waals surface area contributed by atoms with E-state index in [9.17, 15) is 4.79 Å². The summed E-state index contributed by atoms with van der Waals surface area (Å²) in [5, 5.41) is 6.08. The van der Waals surface area contributed by atoms with Crippen LogP contribution in [0.2, 0.25) is 0 Å². The van der Waals surface area contributed by atoms with E-state index < -0.39 is 5.41 Å². The van der Waals surface area contributed by atoms with Gasteiger partial charge in [0.15, 0.2) is 0 Å². The Morgan fingerprint density at radius 1 is 1.17 bits per heavy atom. The van der Waals surface area contributed by atoms with Crippen LogP contribution in [0.15, 0.2) is 36.5 Å². The minimum absolute atomic E-state index is 0.0413. The smallest absolute Gasteiger partial charge is 0.229 e. The predicted molar refractivity (Wildman–Crippen MR) is 93.3 cm³/mol. The van der Waals surface area contributed by atoms with Gasteiger partial charge in [-0.05, 0) is 36.8 Å². The number of anilines is 3. The fourth-order valence-electron chi connectivity index (χ4n) is 1.92. The van der Waals surface area contributed by atoms with Crippen molar-refractivity contribution in [3.63, 3.8) is 0 Å². The zero-order chi connectivity index (χ0) is 17.0. The highest BCUT2D eigenvalue weighted by molar-refractivity contribution is 5.94. The van der Waals surface area contributed by atoms with Gasteiger partial charge in [-0.2, -0.15) is 0 Å². The van der Waals surface area contributed by atoms with Crippen LogP contribution in [-0.2, 0) is 4.79 Å². The van der Waals surface area contributed by atoms with Gasteiger partial charge in [0, 0.05) is 5.41 Å². The van der Waals surface area contributed by atoms with Crippen molar-refractivity contribution in [3.8, 4) is 5.75 Å². The molecule has 0 unspecified atom stereocenters. The van der Waals surface area contributed by atoms with Crippen molar-refractivity contribution in [2.45, 2.75) is 27.7 Å². The van der Waals surface area contributed by atoms with Crippen molar-refractivity contribution in [3.05, 3.63) is 42.1 Å². The third-order valence-electron chi connectivity index (χ3n) is 3.32. The fourth-order valence-corrected chi connectivity index (χ4v) is 1.92. The Labute approximate surface area is 137 Å². The Morgan fingerprint density at radius 3 is 2.48 bits per heavy atom. The first-order valence-corrected chi connectivity index (χ1v) is 7.49. The lowest BCUT2D eigenvalue weighted by Gasteiger charge is -2.17. The van der Waals surface area contributed by atoms with E-state index in [1.807, 2.05) is 58.0 Å². The maximum Gasteiger partial charge on any atom is 0.229 e. The van der Waals surface area contributed by atoms with Gasteiger partial charge in [-0.15, -0.1) is 0 Å². The topological polar surface area (TPSA) is 63.2 Å². The number of pyridine rings is 1. The lowest BCUT2D eigenvalue weighted by Crippen LogP contribution is -2.27. The molecule has 2 N–H and O–H groups in total. The van der Waals surface area contributed by atoms with Gasteiger partial charge in [0.1, 0.15) is 11.6 Å². The molecule has 0 aliphatic rings. The van der Waals surface area contributed by atoms with Crippen LogP contribution in [0.1, 0.15) is 26.3 Å². The molecular formula is C18H23N3O2. The Bertz CT molecular complexity index is 688. The first kappa shape index (κ1) is 16.8. The predicted octanol–water partition coefficient (Wildman–Crippen LogP) is 4.13. The molecule has 2 aromatic rings. The normalized spacial score (nSPS) is 11.0. The number of methoxy groups -OCH3 is 1. The van der Waals surface area contributed by atoms with E-state index in [1.165, 1.54) is 0 Å². The number of nitrogens with one attached hydrogen (secondary N) is 2. The quantitative estimate of drug-likeness (QED) is 0.891. The molecule has 0 aliphatic carbocycles. The number of carbonyl (C=O) groups excluding carboxylic acids is 1. The first-order chi connectivity index (χ1) is 10.8. The van der Waals surface area contributed by atoms with Crippen molar-refractivity contribution in [1.29, 1.82) is 0 Å². The van der Waals surface area contributed by atoms with Gasteiger partial charge in [0.05, 0.1) is 24.7 Å². The molecule has 1 aromatic carbocycles.